The van der Waals surface area contributed by atoms with Crippen molar-refractivity contribution in [2.45, 2.75) is 19.4 Å². The molecule has 2 nitrogen and oxygen atoms in total. The molecule has 1 atom stereocenters. The Morgan fingerprint density at radius 1 is 1.57 bits per heavy atom. The van der Waals surface area contributed by atoms with Crippen LogP contribution in [0.15, 0.2) is 22.7 Å². The highest BCUT2D eigenvalue weighted by molar-refractivity contribution is 9.10. The molecule has 1 aromatic carbocycles. The van der Waals surface area contributed by atoms with E-state index in [-0.39, 0.29) is 5.75 Å². The minimum atomic E-state index is -0.426. The SMILES string of the molecule is CC(O)CCOc1cc(Br)ccc1F. The fourth-order valence-corrected chi connectivity index (χ4v) is 1.27. The maximum absolute atomic E-state index is 13.1. The van der Waals surface area contributed by atoms with Crippen LogP contribution < -0.4 is 4.74 Å². The number of aliphatic hydroxyl groups is 1. The molecule has 1 rings (SSSR count). The standard InChI is InChI=1S/C10H12BrFO2/c1-7(13)4-5-14-10-6-8(11)2-3-9(10)12/h2-3,6-7,13H,4-5H2,1H3. The van der Waals surface area contributed by atoms with Crippen molar-refractivity contribution in [3.05, 3.63) is 28.5 Å². The van der Waals surface area contributed by atoms with Gasteiger partial charge in [0, 0.05) is 10.9 Å². The molecule has 0 heterocycles. The van der Waals surface area contributed by atoms with Gasteiger partial charge in [0.05, 0.1) is 12.7 Å². The number of aliphatic hydroxyl groups excluding tert-OH is 1. The minimum absolute atomic E-state index is 0.208. The number of hydrogen-bond acceptors (Lipinski definition) is 2. The van der Waals surface area contributed by atoms with E-state index in [4.69, 9.17) is 9.84 Å². The van der Waals surface area contributed by atoms with E-state index in [1.54, 1.807) is 19.1 Å². The molecular formula is C10H12BrFO2. The normalized spacial score (nSPS) is 12.6. The zero-order valence-corrected chi connectivity index (χ0v) is 9.42. The van der Waals surface area contributed by atoms with E-state index < -0.39 is 11.9 Å². The zero-order valence-electron chi connectivity index (χ0n) is 7.84. The summed E-state index contributed by atoms with van der Waals surface area (Å²) < 4.78 is 19.0. The van der Waals surface area contributed by atoms with Crippen LogP contribution in [0.2, 0.25) is 0 Å². The number of rotatable bonds is 4. The van der Waals surface area contributed by atoms with E-state index >= 15 is 0 Å². The first kappa shape index (κ1) is 11.5. The van der Waals surface area contributed by atoms with E-state index in [1.165, 1.54) is 6.07 Å². The molecule has 4 heteroatoms. The Kier molecular flexibility index (Phi) is 4.35. The average Bonchev–Trinajstić information content (AvgIpc) is 2.10. The first-order chi connectivity index (χ1) is 6.59. The van der Waals surface area contributed by atoms with Crippen molar-refractivity contribution >= 4 is 15.9 Å². The molecule has 1 unspecified atom stereocenters. The quantitative estimate of drug-likeness (QED) is 0.905. The van der Waals surface area contributed by atoms with Crippen molar-refractivity contribution in [1.82, 2.24) is 0 Å². The third kappa shape index (κ3) is 3.64. The Labute approximate surface area is 90.8 Å². The van der Waals surface area contributed by atoms with Gasteiger partial charge in [-0.25, -0.2) is 4.39 Å². The van der Waals surface area contributed by atoms with Gasteiger partial charge in [0.15, 0.2) is 11.6 Å². The van der Waals surface area contributed by atoms with E-state index in [0.29, 0.717) is 13.0 Å². The summed E-state index contributed by atoms with van der Waals surface area (Å²) in [5, 5.41) is 8.97. The van der Waals surface area contributed by atoms with Crippen molar-refractivity contribution in [1.29, 1.82) is 0 Å². The van der Waals surface area contributed by atoms with Gasteiger partial charge >= 0.3 is 0 Å². The summed E-state index contributed by atoms with van der Waals surface area (Å²) in [6.45, 7) is 1.98. The van der Waals surface area contributed by atoms with Crippen LogP contribution in [-0.4, -0.2) is 17.8 Å². The molecule has 0 fully saturated rings. The van der Waals surface area contributed by atoms with Crippen LogP contribution in [0, 0.1) is 5.82 Å². The number of benzene rings is 1. The highest BCUT2D eigenvalue weighted by Gasteiger charge is 2.04. The van der Waals surface area contributed by atoms with Gasteiger partial charge in [-0.3, -0.25) is 0 Å². The summed E-state index contributed by atoms with van der Waals surface area (Å²) in [5.74, 6) is -0.182. The summed E-state index contributed by atoms with van der Waals surface area (Å²) in [4.78, 5) is 0. The van der Waals surface area contributed by atoms with Gasteiger partial charge in [-0.2, -0.15) is 0 Å². The molecule has 0 aliphatic rings. The molecule has 0 amide bonds. The van der Waals surface area contributed by atoms with Gasteiger partial charge in [0.1, 0.15) is 0 Å². The third-order valence-electron chi connectivity index (χ3n) is 1.69. The Bertz CT molecular complexity index is 302. The van der Waals surface area contributed by atoms with Crippen molar-refractivity contribution in [2.24, 2.45) is 0 Å². The fourth-order valence-electron chi connectivity index (χ4n) is 0.927. The lowest BCUT2D eigenvalue weighted by molar-refractivity contribution is 0.154. The lowest BCUT2D eigenvalue weighted by atomic mass is 10.3. The van der Waals surface area contributed by atoms with E-state index in [2.05, 4.69) is 15.9 Å². The molecule has 1 N–H and O–H groups in total. The Morgan fingerprint density at radius 3 is 2.93 bits per heavy atom. The highest BCUT2D eigenvalue weighted by atomic mass is 79.9. The molecule has 0 saturated heterocycles. The first-order valence-corrected chi connectivity index (χ1v) is 5.15. The predicted molar refractivity (Wildman–Crippen MR) is 55.9 cm³/mol. The van der Waals surface area contributed by atoms with Gasteiger partial charge in [-0.15, -0.1) is 0 Å². The topological polar surface area (TPSA) is 29.5 Å². The van der Waals surface area contributed by atoms with Crippen LogP contribution in [0.5, 0.6) is 5.75 Å². The second-order valence-corrected chi connectivity index (χ2v) is 3.98. The van der Waals surface area contributed by atoms with Gasteiger partial charge < -0.3 is 9.84 Å². The minimum Gasteiger partial charge on any atom is -0.490 e. The van der Waals surface area contributed by atoms with Crippen LogP contribution in [0.25, 0.3) is 0 Å². The Morgan fingerprint density at radius 2 is 2.29 bits per heavy atom. The molecule has 0 radical (unpaired) electrons. The van der Waals surface area contributed by atoms with Crippen LogP contribution in [0.1, 0.15) is 13.3 Å². The average molecular weight is 263 g/mol. The van der Waals surface area contributed by atoms with E-state index in [9.17, 15) is 4.39 Å². The molecular weight excluding hydrogens is 251 g/mol. The van der Waals surface area contributed by atoms with Crippen LogP contribution >= 0.6 is 15.9 Å². The molecule has 78 valence electrons. The van der Waals surface area contributed by atoms with Crippen molar-refractivity contribution < 1.29 is 14.2 Å². The number of hydrogen-bond donors (Lipinski definition) is 1. The van der Waals surface area contributed by atoms with Crippen molar-refractivity contribution in [3.8, 4) is 5.75 Å². The van der Waals surface area contributed by atoms with Crippen LogP contribution in [0.4, 0.5) is 4.39 Å². The summed E-state index contributed by atoms with van der Waals surface area (Å²) in [6, 6.07) is 4.51. The Hall–Kier alpha value is -0.610. The maximum atomic E-state index is 13.1. The zero-order chi connectivity index (χ0) is 10.6. The monoisotopic (exact) mass is 262 g/mol. The summed E-state index contributed by atoms with van der Waals surface area (Å²) in [6.07, 6.45) is 0.0663. The summed E-state index contributed by atoms with van der Waals surface area (Å²) >= 11 is 3.22. The molecule has 14 heavy (non-hydrogen) atoms. The molecule has 0 aromatic heterocycles. The third-order valence-corrected chi connectivity index (χ3v) is 2.18. The largest absolute Gasteiger partial charge is 0.490 e. The smallest absolute Gasteiger partial charge is 0.165 e. The first-order valence-electron chi connectivity index (χ1n) is 4.35. The fraction of sp³-hybridized carbons (Fsp3) is 0.400. The summed E-state index contributed by atoms with van der Waals surface area (Å²) in [7, 11) is 0. The molecule has 0 aliphatic heterocycles. The van der Waals surface area contributed by atoms with Crippen molar-refractivity contribution in [3.63, 3.8) is 0 Å². The molecule has 0 saturated carbocycles. The molecule has 0 aliphatic carbocycles. The van der Waals surface area contributed by atoms with Gasteiger partial charge in [0.2, 0.25) is 0 Å². The molecule has 1 aromatic rings. The van der Waals surface area contributed by atoms with Crippen molar-refractivity contribution in [2.75, 3.05) is 6.61 Å². The second-order valence-electron chi connectivity index (χ2n) is 3.06. The van der Waals surface area contributed by atoms with Gasteiger partial charge in [0.25, 0.3) is 0 Å². The molecule has 0 spiro atoms. The van der Waals surface area contributed by atoms with E-state index in [1.807, 2.05) is 0 Å². The molecule has 0 bridgehead atoms. The summed E-state index contributed by atoms with van der Waals surface area (Å²) in [5.41, 5.74) is 0. The van der Waals surface area contributed by atoms with Gasteiger partial charge in [-0.1, -0.05) is 15.9 Å². The predicted octanol–water partition coefficient (Wildman–Crippen LogP) is 2.74. The Balaban J connectivity index is 2.53. The lowest BCUT2D eigenvalue weighted by Gasteiger charge is -2.08. The second kappa shape index (κ2) is 5.32. The highest BCUT2D eigenvalue weighted by Crippen LogP contribution is 2.22. The lowest BCUT2D eigenvalue weighted by Crippen LogP contribution is -2.08. The maximum Gasteiger partial charge on any atom is 0.165 e. The van der Waals surface area contributed by atoms with E-state index in [0.717, 1.165) is 4.47 Å². The van der Waals surface area contributed by atoms with Gasteiger partial charge in [-0.05, 0) is 25.1 Å². The van der Waals surface area contributed by atoms with Crippen LogP contribution in [-0.2, 0) is 0 Å². The number of ether oxygens (including phenoxy) is 1. The number of halogens is 2. The van der Waals surface area contributed by atoms with Crippen LogP contribution in [0.3, 0.4) is 0 Å².